The largest absolute Gasteiger partial charge is 0.387 e. The smallest absolute Gasteiger partial charge is 0.0946 e. The van der Waals surface area contributed by atoms with Gasteiger partial charge >= 0.3 is 0 Å². The second-order valence-corrected chi connectivity index (χ2v) is 6.00. The van der Waals surface area contributed by atoms with Crippen LogP contribution in [0.1, 0.15) is 24.0 Å². The third-order valence-corrected chi connectivity index (χ3v) is 3.94. The molecule has 2 rings (SSSR count). The highest BCUT2D eigenvalue weighted by Crippen LogP contribution is 2.42. The number of alkyl halides is 1. The summed E-state index contributed by atoms with van der Waals surface area (Å²) >= 11 is 12.8. The third-order valence-electron chi connectivity index (χ3n) is 3.24. The van der Waals surface area contributed by atoms with Crippen molar-refractivity contribution in [3.63, 3.8) is 0 Å². The van der Waals surface area contributed by atoms with Crippen molar-refractivity contribution in [2.45, 2.75) is 24.6 Å². The highest BCUT2D eigenvalue weighted by atomic mass is 35.5. The summed E-state index contributed by atoms with van der Waals surface area (Å²) in [5, 5.41) is 8.07. The molecule has 1 atom stereocenters. The van der Waals surface area contributed by atoms with Crippen molar-refractivity contribution in [2.24, 2.45) is 5.73 Å². The van der Waals surface area contributed by atoms with Gasteiger partial charge in [0.2, 0.25) is 0 Å². The number of benzene rings is 1. The molecule has 0 bridgehead atoms. The van der Waals surface area contributed by atoms with Gasteiger partial charge < -0.3 is 5.73 Å². The number of amidine groups is 1. The molecule has 100 valence electrons. The van der Waals surface area contributed by atoms with E-state index in [-0.39, 0.29) is 5.84 Å². The summed E-state index contributed by atoms with van der Waals surface area (Å²) in [4.78, 5) is -0.603. The molecule has 0 aliphatic heterocycles. The molecule has 1 aromatic carbocycles. The Labute approximate surface area is 123 Å². The third kappa shape index (κ3) is 3.20. The summed E-state index contributed by atoms with van der Waals surface area (Å²) in [5.74, 6) is 0.156. The van der Waals surface area contributed by atoms with Crippen LogP contribution in [-0.4, -0.2) is 5.84 Å². The topological polar surface area (TPSA) is 49.9 Å². The number of halogens is 2. The number of nitrogens with one attached hydrogen (secondary N) is 1. The lowest BCUT2D eigenvalue weighted by Gasteiger charge is -2.29. The van der Waals surface area contributed by atoms with E-state index in [9.17, 15) is 0 Å². The normalized spacial score (nSPS) is 22.2. The molecule has 4 heteroatoms. The van der Waals surface area contributed by atoms with Crippen molar-refractivity contribution in [3.8, 4) is 0 Å². The van der Waals surface area contributed by atoms with E-state index >= 15 is 0 Å². The van der Waals surface area contributed by atoms with E-state index in [1.807, 2.05) is 43.4 Å². The lowest BCUT2D eigenvalue weighted by Crippen LogP contribution is -2.22. The molecule has 0 saturated carbocycles. The summed E-state index contributed by atoms with van der Waals surface area (Å²) in [7, 11) is 0. The van der Waals surface area contributed by atoms with Crippen LogP contribution in [0.15, 0.2) is 42.0 Å². The Morgan fingerprint density at radius 1 is 1.47 bits per heavy atom. The van der Waals surface area contributed by atoms with Crippen LogP contribution in [0.2, 0.25) is 5.02 Å². The minimum absolute atomic E-state index is 0.156. The zero-order valence-electron chi connectivity index (χ0n) is 10.7. The fourth-order valence-electron chi connectivity index (χ4n) is 2.38. The van der Waals surface area contributed by atoms with Crippen LogP contribution in [0.25, 0.3) is 0 Å². The van der Waals surface area contributed by atoms with E-state index in [2.05, 4.69) is 0 Å². The monoisotopic (exact) mass is 294 g/mol. The minimum Gasteiger partial charge on any atom is -0.387 e. The van der Waals surface area contributed by atoms with Gasteiger partial charge in [0.1, 0.15) is 0 Å². The maximum atomic E-state index is 7.39. The van der Waals surface area contributed by atoms with Crippen molar-refractivity contribution >= 4 is 29.0 Å². The SMILES string of the molecule is Cc1ccc(Cl)cc1C1(Cl)C=CC=C(CC(=N)N)C1. The standard InChI is InChI=1S/C15H16Cl2N2/c1-10-4-5-12(16)8-13(10)15(17)6-2-3-11(9-15)7-14(18)19/h2-6,8H,7,9H2,1H3,(H3,18,19). The van der Waals surface area contributed by atoms with E-state index in [1.165, 1.54) is 0 Å². The van der Waals surface area contributed by atoms with Gasteiger partial charge in [-0.15, -0.1) is 11.6 Å². The van der Waals surface area contributed by atoms with Gasteiger partial charge in [-0.3, -0.25) is 5.41 Å². The van der Waals surface area contributed by atoms with Crippen LogP contribution in [0, 0.1) is 12.3 Å². The van der Waals surface area contributed by atoms with Gasteiger partial charge in [0, 0.05) is 11.4 Å². The van der Waals surface area contributed by atoms with Crippen molar-refractivity contribution in [2.75, 3.05) is 0 Å². The Kier molecular flexibility index (Phi) is 4.02. The number of aryl methyl sites for hydroxylation is 1. The summed E-state index contributed by atoms with van der Waals surface area (Å²) in [6.45, 7) is 2.02. The summed E-state index contributed by atoms with van der Waals surface area (Å²) in [6.07, 6.45) is 6.97. The summed E-state index contributed by atoms with van der Waals surface area (Å²) in [6, 6.07) is 5.74. The van der Waals surface area contributed by atoms with Gasteiger partial charge in [-0.2, -0.15) is 0 Å². The molecule has 2 nitrogen and oxygen atoms in total. The Morgan fingerprint density at radius 2 is 2.21 bits per heavy atom. The quantitative estimate of drug-likeness (QED) is 0.487. The van der Waals surface area contributed by atoms with E-state index < -0.39 is 4.87 Å². The van der Waals surface area contributed by atoms with Gasteiger partial charge in [-0.05, 0) is 36.6 Å². The van der Waals surface area contributed by atoms with Crippen LogP contribution >= 0.6 is 23.2 Å². The molecule has 1 aliphatic carbocycles. The molecule has 1 aliphatic rings. The first kappa shape index (κ1) is 14.2. The molecular weight excluding hydrogens is 279 g/mol. The predicted molar refractivity (Wildman–Crippen MR) is 82.1 cm³/mol. The molecule has 19 heavy (non-hydrogen) atoms. The van der Waals surface area contributed by atoms with Gasteiger partial charge in [-0.25, -0.2) is 0 Å². The molecule has 0 heterocycles. The molecule has 0 spiro atoms. The summed E-state index contributed by atoms with van der Waals surface area (Å²) < 4.78 is 0. The highest BCUT2D eigenvalue weighted by molar-refractivity contribution is 6.31. The molecule has 0 amide bonds. The van der Waals surface area contributed by atoms with Crippen molar-refractivity contribution in [1.82, 2.24) is 0 Å². The van der Waals surface area contributed by atoms with E-state index in [4.69, 9.17) is 34.3 Å². The first-order chi connectivity index (χ1) is 8.90. The first-order valence-corrected chi connectivity index (χ1v) is 6.82. The summed E-state index contributed by atoms with van der Waals surface area (Å²) in [5.41, 5.74) is 8.63. The number of hydrogen-bond acceptors (Lipinski definition) is 1. The maximum absolute atomic E-state index is 7.39. The number of rotatable bonds is 3. The molecular formula is C15H16Cl2N2. The number of allylic oxidation sites excluding steroid dienone is 3. The zero-order valence-corrected chi connectivity index (χ0v) is 12.2. The van der Waals surface area contributed by atoms with Gasteiger partial charge in [0.25, 0.3) is 0 Å². The molecule has 0 aromatic heterocycles. The fourth-order valence-corrected chi connectivity index (χ4v) is 3.00. The van der Waals surface area contributed by atoms with Crippen molar-refractivity contribution < 1.29 is 0 Å². The Bertz CT molecular complexity index is 576. The predicted octanol–water partition coefficient (Wildman–Crippen LogP) is 4.29. The molecule has 0 saturated heterocycles. The first-order valence-electron chi connectivity index (χ1n) is 6.06. The van der Waals surface area contributed by atoms with Crippen LogP contribution in [0.4, 0.5) is 0 Å². The molecule has 1 aromatic rings. The molecule has 3 N–H and O–H groups in total. The van der Waals surface area contributed by atoms with Crippen molar-refractivity contribution in [3.05, 3.63) is 58.1 Å². The number of nitrogens with two attached hydrogens (primary N) is 1. The number of hydrogen-bond donors (Lipinski definition) is 2. The average Bonchev–Trinajstić information content (AvgIpc) is 2.31. The Balaban J connectivity index is 2.34. The van der Waals surface area contributed by atoms with Crippen LogP contribution in [0.5, 0.6) is 0 Å². The minimum atomic E-state index is -0.603. The lowest BCUT2D eigenvalue weighted by atomic mass is 9.84. The second-order valence-electron chi connectivity index (χ2n) is 4.88. The van der Waals surface area contributed by atoms with Crippen LogP contribution < -0.4 is 5.73 Å². The Morgan fingerprint density at radius 3 is 2.89 bits per heavy atom. The molecule has 0 fully saturated rings. The van der Waals surface area contributed by atoms with E-state index in [0.29, 0.717) is 17.9 Å². The molecule has 0 radical (unpaired) electrons. The van der Waals surface area contributed by atoms with E-state index in [0.717, 1.165) is 16.7 Å². The van der Waals surface area contributed by atoms with Crippen LogP contribution in [0.3, 0.4) is 0 Å². The average molecular weight is 295 g/mol. The second kappa shape index (κ2) is 5.40. The van der Waals surface area contributed by atoms with E-state index in [1.54, 1.807) is 0 Å². The highest BCUT2D eigenvalue weighted by Gasteiger charge is 2.31. The van der Waals surface area contributed by atoms with Gasteiger partial charge in [0.05, 0.1) is 10.7 Å². The zero-order chi connectivity index (χ0) is 14.0. The van der Waals surface area contributed by atoms with Gasteiger partial charge in [-0.1, -0.05) is 41.5 Å². The van der Waals surface area contributed by atoms with Crippen molar-refractivity contribution in [1.29, 1.82) is 5.41 Å². The Hall–Kier alpha value is -1.25. The fraction of sp³-hybridized carbons (Fsp3) is 0.267. The van der Waals surface area contributed by atoms with Gasteiger partial charge in [0.15, 0.2) is 0 Å². The maximum Gasteiger partial charge on any atom is 0.0946 e. The van der Waals surface area contributed by atoms with Crippen LogP contribution in [-0.2, 0) is 4.87 Å². The lowest BCUT2D eigenvalue weighted by molar-refractivity contribution is 0.718. The molecule has 1 unspecified atom stereocenters.